The zero-order chi connectivity index (χ0) is 13.5. The van der Waals surface area contributed by atoms with E-state index in [1.807, 2.05) is 0 Å². The van der Waals surface area contributed by atoms with Crippen LogP contribution in [0.1, 0.15) is 31.2 Å². The average Bonchev–Trinajstić information content (AvgIpc) is 2.92. The first-order valence-electron chi connectivity index (χ1n) is 6.99. The maximum Gasteiger partial charge on any atom is 0.127 e. The highest BCUT2D eigenvalue weighted by atomic mass is 19.1. The number of ether oxygens (including phenoxy) is 1. The first-order valence-corrected chi connectivity index (χ1v) is 6.99. The van der Waals surface area contributed by atoms with E-state index in [1.165, 1.54) is 18.9 Å². The molecule has 3 nitrogen and oxygen atoms in total. The van der Waals surface area contributed by atoms with Gasteiger partial charge in [0.05, 0.1) is 18.8 Å². The van der Waals surface area contributed by atoms with Gasteiger partial charge in [-0.15, -0.1) is 0 Å². The molecule has 1 atom stereocenters. The molecule has 19 heavy (non-hydrogen) atoms. The van der Waals surface area contributed by atoms with Gasteiger partial charge in [-0.25, -0.2) is 4.39 Å². The average molecular weight is 267 g/mol. The molecule has 1 aliphatic rings. The summed E-state index contributed by atoms with van der Waals surface area (Å²) in [5.74, 6) is -0.216. The molecule has 0 radical (unpaired) electrons. The predicted molar refractivity (Wildman–Crippen MR) is 72.3 cm³/mol. The Morgan fingerprint density at radius 1 is 1.32 bits per heavy atom. The van der Waals surface area contributed by atoms with Crippen LogP contribution in [0.5, 0.6) is 0 Å². The Bertz CT molecular complexity index is 380. The summed E-state index contributed by atoms with van der Waals surface area (Å²) >= 11 is 0. The second-order valence-electron chi connectivity index (χ2n) is 5.12. The van der Waals surface area contributed by atoms with Gasteiger partial charge in [-0.1, -0.05) is 31.0 Å². The summed E-state index contributed by atoms with van der Waals surface area (Å²) in [4.78, 5) is 0. The minimum Gasteiger partial charge on any atom is -0.389 e. The lowest BCUT2D eigenvalue weighted by molar-refractivity contribution is -0.00551. The topological polar surface area (TPSA) is 41.5 Å². The first-order chi connectivity index (χ1) is 9.25. The fraction of sp³-hybridized carbons (Fsp3) is 0.600. The van der Waals surface area contributed by atoms with Gasteiger partial charge in [-0.3, -0.25) is 0 Å². The molecule has 106 valence electrons. The lowest BCUT2D eigenvalue weighted by Gasteiger charge is -2.16. The molecule has 0 spiro atoms. The second-order valence-corrected chi connectivity index (χ2v) is 5.12. The van der Waals surface area contributed by atoms with E-state index in [-0.39, 0.29) is 5.82 Å². The second kappa shape index (κ2) is 7.58. The van der Waals surface area contributed by atoms with E-state index in [0.717, 1.165) is 12.8 Å². The largest absolute Gasteiger partial charge is 0.389 e. The van der Waals surface area contributed by atoms with Crippen LogP contribution in [-0.2, 0) is 11.3 Å². The molecule has 1 aromatic carbocycles. The molecule has 2 rings (SSSR count). The number of nitrogens with one attached hydrogen (secondary N) is 1. The monoisotopic (exact) mass is 267 g/mol. The molecule has 0 bridgehead atoms. The molecular weight excluding hydrogens is 245 g/mol. The van der Waals surface area contributed by atoms with Gasteiger partial charge in [0.2, 0.25) is 0 Å². The van der Waals surface area contributed by atoms with E-state index in [4.69, 9.17) is 4.74 Å². The van der Waals surface area contributed by atoms with Crippen molar-refractivity contribution in [2.24, 2.45) is 0 Å². The molecule has 1 unspecified atom stereocenters. The van der Waals surface area contributed by atoms with Crippen molar-refractivity contribution in [2.45, 2.75) is 44.4 Å². The normalized spacial score (nSPS) is 17.8. The Hall–Kier alpha value is -0.970. The van der Waals surface area contributed by atoms with Gasteiger partial charge in [-0.2, -0.15) is 0 Å². The van der Waals surface area contributed by atoms with Crippen LogP contribution in [0.15, 0.2) is 24.3 Å². The van der Waals surface area contributed by atoms with Crippen LogP contribution < -0.4 is 5.32 Å². The van der Waals surface area contributed by atoms with Crippen molar-refractivity contribution in [2.75, 3.05) is 13.2 Å². The van der Waals surface area contributed by atoms with Crippen LogP contribution in [-0.4, -0.2) is 30.5 Å². The van der Waals surface area contributed by atoms with Crippen molar-refractivity contribution < 1.29 is 14.2 Å². The molecule has 0 saturated heterocycles. The van der Waals surface area contributed by atoms with Gasteiger partial charge in [0.15, 0.2) is 0 Å². The van der Waals surface area contributed by atoms with Crippen molar-refractivity contribution in [1.82, 2.24) is 5.32 Å². The highest BCUT2D eigenvalue weighted by molar-refractivity contribution is 5.16. The number of benzene rings is 1. The molecule has 0 aromatic heterocycles. The number of hydrogen-bond donors (Lipinski definition) is 2. The van der Waals surface area contributed by atoms with Crippen molar-refractivity contribution >= 4 is 0 Å². The molecule has 0 aliphatic heterocycles. The van der Waals surface area contributed by atoms with Gasteiger partial charge in [0.1, 0.15) is 5.82 Å². The third-order valence-electron chi connectivity index (χ3n) is 3.48. The molecule has 1 aliphatic carbocycles. The van der Waals surface area contributed by atoms with Crippen molar-refractivity contribution in [3.05, 3.63) is 35.6 Å². The van der Waals surface area contributed by atoms with Gasteiger partial charge in [0.25, 0.3) is 0 Å². The smallest absolute Gasteiger partial charge is 0.127 e. The maximum atomic E-state index is 13.3. The summed E-state index contributed by atoms with van der Waals surface area (Å²) in [6, 6.07) is 6.66. The Morgan fingerprint density at radius 3 is 2.79 bits per heavy atom. The van der Waals surface area contributed by atoms with Crippen LogP contribution in [0.25, 0.3) is 0 Å². The molecule has 1 fully saturated rings. The van der Waals surface area contributed by atoms with Crippen molar-refractivity contribution in [3.63, 3.8) is 0 Å². The zero-order valence-corrected chi connectivity index (χ0v) is 11.1. The predicted octanol–water partition coefficient (Wildman–Crippen LogP) is 2.24. The van der Waals surface area contributed by atoms with Crippen LogP contribution in [0.2, 0.25) is 0 Å². The summed E-state index contributed by atoms with van der Waals surface area (Å²) in [5, 5.41) is 12.8. The molecule has 2 N–H and O–H groups in total. The summed E-state index contributed by atoms with van der Waals surface area (Å²) in [7, 11) is 0. The molecule has 4 heteroatoms. The maximum absolute atomic E-state index is 13.3. The zero-order valence-electron chi connectivity index (χ0n) is 11.1. The first kappa shape index (κ1) is 14.4. The van der Waals surface area contributed by atoms with E-state index < -0.39 is 6.10 Å². The van der Waals surface area contributed by atoms with Crippen LogP contribution >= 0.6 is 0 Å². The van der Waals surface area contributed by atoms with Crippen LogP contribution in [0, 0.1) is 5.82 Å². The lowest BCUT2D eigenvalue weighted by Crippen LogP contribution is -2.31. The number of rotatable bonds is 7. The molecular formula is C15H22FNO2. The van der Waals surface area contributed by atoms with Crippen molar-refractivity contribution in [3.8, 4) is 0 Å². The Balaban J connectivity index is 1.61. The van der Waals surface area contributed by atoms with E-state index in [9.17, 15) is 9.50 Å². The van der Waals surface area contributed by atoms with E-state index in [2.05, 4.69) is 5.32 Å². The number of aliphatic hydroxyl groups is 1. The van der Waals surface area contributed by atoms with Gasteiger partial charge >= 0.3 is 0 Å². The highest BCUT2D eigenvalue weighted by Gasteiger charge is 2.16. The molecule has 0 amide bonds. The summed E-state index contributed by atoms with van der Waals surface area (Å²) in [6.07, 6.45) is 4.46. The Kier molecular flexibility index (Phi) is 5.76. The van der Waals surface area contributed by atoms with Gasteiger partial charge in [-0.05, 0) is 18.9 Å². The van der Waals surface area contributed by atoms with E-state index in [1.54, 1.807) is 18.2 Å². The van der Waals surface area contributed by atoms with Crippen LogP contribution in [0.4, 0.5) is 4.39 Å². The van der Waals surface area contributed by atoms with Gasteiger partial charge in [0, 0.05) is 18.7 Å². The fourth-order valence-electron chi connectivity index (χ4n) is 2.38. The van der Waals surface area contributed by atoms with E-state index >= 15 is 0 Å². The summed E-state index contributed by atoms with van der Waals surface area (Å²) < 4.78 is 19.0. The third-order valence-corrected chi connectivity index (χ3v) is 3.48. The number of hydrogen-bond acceptors (Lipinski definition) is 3. The quantitative estimate of drug-likeness (QED) is 0.796. The fourth-order valence-corrected chi connectivity index (χ4v) is 2.38. The molecule has 1 saturated carbocycles. The minimum atomic E-state index is -0.535. The number of halogens is 1. The van der Waals surface area contributed by atoms with Crippen LogP contribution in [0.3, 0.4) is 0 Å². The SMILES string of the molecule is OC(CNCc1ccccc1F)COC1CCCC1. The lowest BCUT2D eigenvalue weighted by atomic mass is 10.2. The van der Waals surface area contributed by atoms with E-state index in [0.29, 0.717) is 31.4 Å². The Labute approximate surface area is 113 Å². The molecule has 1 aromatic rings. The number of aliphatic hydroxyl groups excluding tert-OH is 1. The minimum absolute atomic E-state index is 0.216. The van der Waals surface area contributed by atoms with Gasteiger partial charge < -0.3 is 15.2 Å². The summed E-state index contributed by atoms with van der Waals surface area (Å²) in [5.41, 5.74) is 0.617. The molecule has 0 heterocycles. The summed E-state index contributed by atoms with van der Waals surface area (Å²) in [6.45, 7) is 1.20. The third kappa shape index (κ3) is 4.90. The highest BCUT2D eigenvalue weighted by Crippen LogP contribution is 2.20. The standard InChI is InChI=1S/C15H22FNO2/c16-15-8-4-1-5-12(15)9-17-10-13(18)11-19-14-6-2-3-7-14/h1,4-5,8,13-14,17-18H,2-3,6-7,9-11H2. The Morgan fingerprint density at radius 2 is 2.05 bits per heavy atom. The van der Waals surface area contributed by atoms with Crippen molar-refractivity contribution in [1.29, 1.82) is 0 Å².